The monoisotopic (exact) mass is 464 g/mol. The van der Waals surface area contributed by atoms with Crippen molar-refractivity contribution in [1.82, 2.24) is 14.6 Å². The molecule has 0 bridgehead atoms. The van der Waals surface area contributed by atoms with Crippen LogP contribution in [-0.4, -0.2) is 48.8 Å². The van der Waals surface area contributed by atoms with E-state index in [1.807, 2.05) is 49.4 Å². The number of nitrogens with zero attached hydrogens (tertiary/aromatic N) is 2. The number of pyridine rings is 1. The maximum atomic E-state index is 13.0. The highest BCUT2D eigenvalue weighted by molar-refractivity contribution is 7.89. The maximum absolute atomic E-state index is 13.0. The number of aryl methyl sites for hydroxylation is 1. The van der Waals surface area contributed by atoms with Crippen LogP contribution in [0.3, 0.4) is 0 Å². The summed E-state index contributed by atoms with van der Waals surface area (Å²) in [5.41, 5.74) is 2.42. The average molecular weight is 465 g/mol. The van der Waals surface area contributed by atoms with Crippen LogP contribution in [0.1, 0.15) is 41.6 Å². The van der Waals surface area contributed by atoms with E-state index in [9.17, 15) is 13.2 Å². The van der Waals surface area contributed by atoms with Crippen molar-refractivity contribution in [3.8, 4) is 0 Å². The molecule has 1 saturated heterocycles. The maximum Gasteiger partial charge on any atom is 0.252 e. The van der Waals surface area contributed by atoms with Crippen LogP contribution in [0.15, 0.2) is 59.5 Å². The molecule has 1 aliphatic carbocycles. The molecule has 0 unspecified atom stereocenters. The summed E-state index contributed by atoms with van der Waals surface area (Å²) in [7, 11) is -3.49. The van der Waals surface area contributed by atoms with Gasteiger partial charge in [-0.15, -0.1) is 0 Å². The molecule has 2 aliphatic rings. The summed E-state index contributed by atoms with van der Waals surface area (Å²) in [6, 6.07) is 16.8. The molecule has 2 aromatic carbocycles. The van der Waals surface area contributed by atoms with Crippen molar-refractivity contribution < 1.29 is 13.2 Å². The normalized spacial score (nSPS) is 17.7. The first-order valence-electron chi connectivity index (χ1n) is 11.4. The summed E-state index contributed by atoms with van der Waals surface area (Å²) in [6.07, 6.45) is 3.40. The highest BCUT2D eigenvalue weighted by Crippen LogP contribution is 2.26. The molecule has 0 spiro atoms. The molecule has 1 aliphatic heterocycles. The van der Waals surface area contributed by atoms with Crippen LogP contribution in [0.25, 0.3) is 10.9 Å². The lowest BCUT2D eigenvalue weighted by molar-refractivity contribution is 0.0952. The second kappa shape index (κ2) is 8.76. The van der Waals surface area contributed by atoms with Gasteiger partial charge in [0.15, 0.2) is 0 Å². The fourth-order valence-corrected chi connectivity index (χ4v) is 5.71. The lowest BCUT2D eigenvalue weighted by Gasteiger charge is -2.32. The number of carbonyl (C=O) groups is 1. The zero-order valence-electron chi connectivity index (χ0n) is 18.6. The van der Waals surface area contributed by atoms with E-state index in [1.165, 1.54) is 0 Å². The molecule has 2 fully saturated rings. The minimum Gasteiger partial charge on any atom is -0.367 e. The molecular formula is C25H28N4O3S. The molecule has 0 atom stereocenters. The van der Waals surface area contributed by atoms with Gasteiger partial charge in [0.2, 0.25) is 10.0 Å². The van der Waals surface area contributed by atoms with Gasteiger partial charge < -0.3 is 10.6 Å². The predicted molar refractivity (Wildman–Crippen MR) is 129 cm³/mol. The van der Waals surface area contributed by atoms with E-state index >= 15 is 0 Å². The fourth-order valence-electron chi connectivity index (χ4n) is 4.24. The van der Waals surface area contributed by atoms with Gasteiger partial charge in [-0.1, -0.05) is 35.9 Å². The van der Waals surface area contributed by atoms with E-state index in [-0.39, 0.29) is 18.0 Å². The number of fused-ring (bicyclic) bond motifs is 1. The van der Waals surface area contributed by atoms with Crippen molar-refractivity contribution >= 4 is 32.7 Å². The molecule has 172 valence electrons. The Bertz CT molecular complexity index is 1280. The molecule has 0 radical (unpaired) electrons. The van der Waals surface area contributed by atoms with E-state index < -0.39 is 10.0 Å². The third-order valence-corrected chi connectivity index (χ3v) is 8.25. The number of carbonyl (C=O) groups excluding carboxylic acids is 1. The van der Waals surface area contributed by atoms with E-state index in [2.05, 4.69) is 10.6 Å². The third kappa shape index (κ3) is 4.72. The minimum absolute atomic E-state index is 0.0711. The summed E-state index contributed by atoms with van der Waals surface area (Å²) in [5, 5.41) is 7.34. The van der Waals surface area contributed by atoms with Crippen LogP contribution in [0.5, 0.6) is 0 Å². The smallest absolute Gasteiger partial charge is 0.252 e. The van der Waals surface area contributed by atoms with Gasteiger partial charge in [-0.3, -0.25) is 4.79 Å². The zero-order chi connectivity index (χ0) is 23.0. The van der Waals surface area contributed by atoms with Crippen LogP contribution in [-0.2, 0) is 10.0 Å². The molecule has 8 heteroatoms. The average Bonchev–Trinajstić information content (AvgIpc) is 3.63. The second-order valence-electron chi connectivity index (χ2n) is 8.96. The molecule has 7 nitrogen and oxygen atoms in total. The number of piperidine rings is 1. The van der Waals surface area contributed by atoms with Gasteiger partial charge in [-0.2, -0.15) is 4.31 Å². The van der Waals surface area contributed by atoms with Crippen LogP contribution in [0.2, 0.25) is 0 Å². The van der Waals surface area contributed by atoms with Gasteiger partial charge in [0.25, 0.3) is 5.91 Å². The predicted octanol–water partition coefficient (Wildman–Crippen LogP) is 3.70. The number of amides is 1. The largest absolute Gasteiger partial charge is 0.367 e. The fraction of sp³-hybridized carbons (Fsp3) is 0.360. The van der Waals surface area contributed by atoms with Gasteiger partial charge in [0.1, 0.15) is 5.82 Å². The van der Waals surface area contributed by atoms with Gasteiger partial charge in [-0.05, 0) is 56.9 Å². The Balaban J connectivity index is 1.30. The number of hydrogen-bond acceptors (Lipinski definition) is 5. The lowest BCUT2D eigenvalue weighted by atomic mass is 10.1. The Morgan fingerprint density at radius 1 is 0.970 bits per heavy atom. The summed E-state index contributed by atoms with van der Waals surface area (Å²) >= 11 is 0. The number of rotatable bonds is 6. The molecule has 1 amide bonds. The Morgan fingerprint density at radius 3 is 2.36 bits per heavy atom. The lowest BCUT2D eigenvalue weighted by Crippen LogP contribution is -2.42. The van der Waals surface area contributed by atoms with Gasteiger partial charge in [0.05, 0.1) is 16.0 Å². The molecule has 2 heterocycles. The SMILES string of the molecule is Cc1ccc(S(=O)(=O)N2CCC(Nc3cc(C(=O)NC4CC4)c4ccccc4n3)CC2)cc1. The summed E-state index contributed by atoms with van der Waals surface area (Å²) in [4.78, 5) is 17.9. The minimum atomic E-state index is -3.49. The molecule has 5 rings (SSSR count). The van der Waals surface area contributed by atoms with Crippen molar-refractivity contribution in [2.24, 2.45) is 0 Å². The quantitative estimate of drug-likeness (QED) is 0.580. The van der Waals surface area contributed by atoms with Crippen molar-refractivity contribution in [2.75, 3.05) is 18.4 Å². The Morgan fingerprint density at radius 2 is 1.67 bits per heavy atom. The summed E-state index contributed by atoms with van der Waals surface area (Å²) in [5.74, 6) is 0.577. The van der Waals surface area contributed by atoms with E-state index in [4.69, 9.17) is 4.98 Å². The first-order valence-corrected chi connectivity index (χ1v) is 12.9. The summed E-state index contributed by atoms with van der Waals surface area (Å²) in [6.45, 7) is 2.82. The number of nitrogens with one attached hydrogen (secondary N) is 2. The first-order chi connectivity index (χ1) is 15.9. The topological polar surface area (TPSA) is 91.4 Å². The second-order valence-corrected chi connectivity index (χ2v) is 10.9. The third-order valence-electron chi connectivity index (χ3n) is 6.34. The number of aromatic nitrogens is 1. The highest BCUT2D eigenvalue weighted by atomic mass is 32.2. The molecule has 2 N–H and O–H groups in total. The molecule has 1 saturated carbocycles. The Labute approximate surface area is 194 Å². The number of anilines is 1. The van der Waals surface area contributed by atoms with E-state index in [0.717, 1.165) is 29.3 Å². The van der Waals surface area contributed by atoms with E-state index in [1.54, 1.807) is 16.4 Å². The summed E-state index contributed by atoms with van der Waals surface area (Å²) < 4.78 is 27.5. The number of benzene rings is 2. The van der Waals surface area contributed by atoms with Crippen LogP contribution in [0, 0.1) is 6.92 Å². The number of hydrogen-bond donors (Lipinski definition) is 2. The van der Waals surface area contributed by atoms with Crippen LogP contribution >= 0.6 is 0 Å². The Hall–Kier alpha value is -2.97. The van der Waals surface area contributed by atoms with Crippen LogP contribution in [0.4, 0.5) is 5.82 Å². The van der Waals surface area contributed by atoms with Crippen molar-refractivity contribution in [3.05, 3.63) is 65.7 Å². The molecule has 1 aromatic heterocycles. The highest BCUT2D eigenvalue weighted by Gasteiger charge is 2.30. The Kier molecular flexibility index (Phi) is 5.80. The van der Waals surface area contributed by atoms with Gasteiger partial charge in [0, 0.05) is 30.6 Å². The first kappa shape index (κ1) is 21.9. The molecule has 3 aromatic rings. The van der Waals surface area contributed by atoms with Crippen molar-refractivity contribution in [3.63, 3.8) is 0 Å². The van der Waals surface area contributed by atoms with Crippen molar-refractivity contribution in [2.45, 2.75) is 49.6 Å². The molecule has 33 heavy (non-hydrogen) atoms. The van der Waals surface area contributed by atoms with Gasteiger partial charge >= 0.3 is 0 Å². The number of sulfonamides is 1. The number of para-hydroxylation sites is 1. The standard InChI is InChI=1S/C25H28N4O3S/c1-17-6-10-20(11-7-17)33(31,32)29-14-12-19(13-15-29)26-24-16-22(25(30)27-18-8-9-18)21-4-2-3-5-23(21)28-24/h2-7,10-11,16,18-19H,8-9,12-15H2,1H3,(H,26,28)(H,27,30). The van der Waals surface area contributed by atoms with Crippen LogP contribution < -0.4 is 10.6 Å². The van der Waals surface area contributed by atoms with E-state index in [0.29, 0.717) is 42.2 Å². The van der Waals surface area contributed by atoms with Crippen molar-refractivity contribution in [1.29, 1.82) is 0 Å². The molecular weight excluding hydrogens is 436 g/mol. The zero-order valence-corrected chi connectivity index (χ0v) is 19.4. The van der Waals surface area contributed by atoms with Gasteiger partial charge in [-0.25, -0.2) is 13.4 Å².